The van der Waals surface area contributed by atoms with Gasteiger partial charge >= 0.3 is 6.43 Å². The number of rotatable bonds is 1. The van der Waals surface area contributed by atoms with Gasteiger partial charge in [-0.2, -0.15) is 14.0 Å². The van der Waals surface area contributed by atoms with Crippen LogP contribution in [0.1, 0.15) is 11.1 Å². The number of nitrogens with zero attached hydrogens (tertiary/aromatic N) is 1. The van der Waals surface area contributed by atoms with Crippen molar-refractivity contribution in [2.24, 2.45) is 0 Å². The van der Waals surface area contributed by atoms with Crippen LogP contribution in [0.25, 0.3) is 0 Å². The van der Waals surface area contributed by atoms with E-state index < -0.39 is 6.43 Å². The molecule has 1 nitrogen and oxygen atoms in total. The van der Waals surface area contributed by atoms with Gasteiger partial charge in [0, 0.05) is 5.56 Å². The number of hydrogen-bond acceptors (Lipinski definition) is 1. The summed E-state index contributed by atoms with van der Waals surface area (Å²) in [6, 6.07) is 6.98. The van der Waals surface area contributed by atoms with Gasteiger partial charge in [-0.15, -0.1) is 0 Å². The smallest absolute Gasteiger partial charge is 0.194 e. The highest BCUT2D eigenvalue weighted by molar-refractivity contribution is 5.34. The second kappa shape index (κ2) is 3.11. The third-order valence-corrected chi connectivity index (χ3v) is 1.23. The zero-order valence-electron chi connectivity index (χ0n) is 5.51. The highest BCUT2D eigenvalue weighted by atomic mass is 19.3. The number of benzene rings is 1. The minimum absolute atomic E-state index is 0.135. The molecule has 0 saturated heterocycles. The van der Waals surface area contributed by atoms with Gasteiger partial charge in [-0.05, 0) is 12.1 Å². The van der Waals surface area contributed by atoms with E-state index in [1.165, 1.54) is 24.3 Å². The van der Waals surface area contributed by atoms with E-state index in [0.717, 1.165) is 0 Å². The van der Waals surface area contributed by atoms with Crippen LogP contribution in [-0.4, -0.2) is 0 Å². The molecule has 1 aromatic carbocycles. The van der Waals surface area contributed by atoms with E-state index in [1.54, 1.807) is 0 Å². The summed E-state index contributed by atoms with van der Waals surface area (Å²) in [6.07, 6.45) is -1.73. The van der Waals surface area contributed by atoms with Gasteiger partial charge in [0.2, 0.25) is 0 Å². The Morgan fingerprint density at radius 2 is 1.73 bits per heavy atom. The van der Waals surface area contributed by atoms with Gasteiger partial charge < -0.3 is 0 Å². The lowest BCUT2D eigenvalue weighted by atomic mass is 10.1. The Morgan fingerprint density at radius 1 is 1.18 bits per heavy atom. The molecule has 1 aromatic rings. The van der Waals surface area contributed by atoms with E-state index in [2.05, 4.69) is 0 Å². The largest absolute Gasteiger partial charge is 0.339 e. The minimum atomic E-state index is -1.73. The normalized spacial score (nSPS) is 9.64. The topological polar surface area (TPSA) is 23.8 Å². The maximum atomic E-state index is 11.8. The van der Waals surface area contributed by atoms with Crippen molar-refractivity contribution in [3.63, 3.8) is 0 Å². The first-order valence-corrected chi connectivity index (χ1v) is 2.92. The second-order valence-corrected chi connectivity index (χ2v) is 1.95. The molecule has 0 aliphatic rings. The summed E-state index contributed by atoms with van der Waals surface area (Å²) in [4.78, 5) is 0. The fourth-order valence-corrected chi connectivity index (χ4v) is 0.671. The van der Waals surface area contributed by atoms with Crippen molar-refractivity contribution in [2.45, 2.75) is 0 Å². The highest BCUT2D eigenvalue weighted by Crippen LogP contribution is 2.16. The molecule has 1 radical (unpaired) electrons. The maximum absolute atomic E-state index is 11.8. The van der Waals surface area contributed by atoms with Gasteiger partial charge in [0.15, 0.2) is 0 Å². The number of halogens is 2. The van der Waals surface area contributed by atoms with Crippen LogP contribution in [0, 0.1) is 17.8 Å². The van der Waals surface area contributed by atoms with Crippen LogP contribution in [0.3, 0.4) is 0 Å². The van der Waals surface area contributed by atoms with Crippen LogP contribution in [-0.2, 0) is 0 Å². The molecule has 0 saturated carbocycles. The molecule has 3 heteroatoms. The molecule has 0 spiro atoms. The molecule has 11 heavy (non-hydrogen) atoms. The van der Waals surface area contributed by atoms with E-state index in [4.69, 9.17) is 5.26 Å². The monoisotopic (exact) mass is 152 g/mol. The van der Waals surface area contributed by atoms with Crippen molar-refractivity contribution in [2.75, 3.05) is 0 Å². The Kier molecular flexibility index (Phi) is 2.17. The standard InChI is InChI=1S/C8H4F2N/c9-8(10)7-3-1-6(5-11)2-4-7/h1-4H. The van der Waals surface area contributed by atoms with Gasteiger partial charge in [-0.1, -0.05) is 12.1 Å². The summed E-state index contributed by atoms with van der Waals surface area (Å²) < 4.78 is 23.7. The fourth-order valence-electron chi connectivity index (χ4n) is 0.671. The van der Waals surface area contributed by atoms with Crippen LogP contribution in [0.4, 0.5) is 8.78 Å². The van der Waals surface area contributed by atoms with Crippen LogP contribution >= 0.6 is 0 Å². The summed E-state index contributed by atoms with van der Waals surface area (Å²) in [5.74, 6) is 0. The molecular weight excluding hydrogens is 148 g/mol. The molecule has 0 amide bonds. The zero-order chi connectivity index (χ0) is 8.27. The Hall–Kier alpha value is -1.43. The average molecular weight is 152 g/mol. The number of hydrogen-bond donors (Lipinski definition) is 0. The first-order chi connectivity index (χ1) is 5.24. The quantitative estimate of drug-likeness (QED) is 0.605. The van der Waals surface area contributed by atoms with Gasteiger partial charge in [-0.25, -0.2) is 0 Å². The van der Waals surface area contributed by atoms with E-state index in [9.17, 15) is 8.78 Å². The van der Waals surface area contributed by atoms with E-state index in [1.807, 2.05) is 6.07 Å². The van der Waals surface area contributed by atoms with Gasteiger partial charge in [0.25, 0.3) is 0 Å². The van der Waals surface area contributed by atoms with Crippen LogP contribution < -0.4 is 0 Å². The molecular formula is C8H4F2N. The molecule has 0 fully saturated rings. The molecule has 0 unspecified atom stereocenters. The summed E-state index contributed by atoms with van der Waals surface area (Å²) in [7, 11) is 0. The molecule has 0 aliphatic carbocycles. The first-order valence-electron chi connectivity index (χ1n) is 2.92. The van der Waals surface area contributed by atoms with Gasteiger partial charge in [-0.3, -0.25) is 0 Å². The van der Waals surface area contributed by atoms with Crippen LogP contribution in [0.2, 0.25) is 0 Å². The Bertz CT molecular complexity index is 271. The maximum Gasteiger partial charge on any atom is 0.339 e. The molecule has 0 atom stereocenters. The lowest BCUT2D eigenvalue weighted by molar-refractivity contribution is 0.325. The summed E-state index contributed by atoms with van der Waals surface area (Å²) >= 11 is 0. The van der Waals surface area contributed by atoms with Crippen molar-refractivity contribution < 1.29 is 8.78 Å². The van der Waals surface area contributed by atoms with Crippen molar-refractivity contribution >= 4 is 0 Å². The van der Waals surface area contributed by atoms with Crippen LogP contribution in [0.5, 0.6) is 0 Å². The molecule has 0 aliphatic heterocycles. The third-order valence-electron chi connectivity index (χ3n) is 1.23. The lowest BCUT2D eigenvalue weighted by Gasteiger charge is -1.94. The van der Waals surface area contributed by atoms with E-state index in [-0.39, 0.29) is 5.56 Å². The number of nitriles is 1. The average Bonchev–Trinajstić information content (AvgIpc) is 2.05. The molecule has 0 aromatic heterocycles. The Balaban J connectivity index is 2.94. The lowest BCUT2D eigenvalue weighted by Crippen LogP contribution is -1.83. The predicted octanol–water partition coefficient (Wildman–Crippen LogP) is 2.33. The molecule has 0 N–H and O–H groups in total. The third kappa shape index (κ3) is 1.74. The SMILES string of the molecule is N#Cc1ccc([C](F)F)cc1. The predicted molar refractivity (Wildman–Crippen MR) is 35.7 cm³/mol. The molecule has 0 bridgehead atoms. The zero-order valence-corrected chi connectivity index (χ0v) is 5.51. The van der Waals surface area contributed by atoms with E-state index >= 15 is 0 Å². The van der Waals surface area contributed by atoms with E-state index in [0.29, 0.717) is 5.56 Å². The highest BCUT2D eigenvalue weighted by Gasteiger charge is 2.07. The summed E-state index contributed by atoms with van der Waals surface area (Å²) in [5, 5.41) is 8.32. The van der Waals surface area contributed by atoms with Crippen molar-refractivity contribution in [1.82, 2.24) is 0 Å². The van der Waals surface area contributed by atoms with Crippen molar-refractivity contribution in [3.8, 4) is 6.07 Å². The van der Waals surface area contributed by atoms with Crippen LogP contribution in [0.15, 0.2) is 24.3 Å². The summed E-state index contributed by atoms with van der Waals surface area (Å²) in [5.41, 5.74) is 0.249. The first kappa shape index (κ1) is 7.67. The van der Waals surface area contributed by atoms with Crippen molar-refractivity contribution in [3.05, 3.63) is 41.8 Å². The van der Waals surface area contributed by atoms with Crippen molar-refractivity contribution in [1.29, 1.82) is 5.26 Å². The Labute approximate surface area is 62.9 Å². The molecule has 55 valence electrons. The minimum Gasteiger partial charge on any atom is -0.194 e. The molecule has 0 heterocycles. The second-order valence-electron chi connectivity index (χ2n) is 1.95. The van der Waals surface area contributed by atoms with Gasteiger partial charge in [0.05, 0.1) is 11.6 Å². The summed E-state index contributed by atoms with van der Waals surface area (Å²) in [6.45, 7) is 0. The Morgan fingerprint density at radius 3 is 2.09 bits per heavy atom. The molecule has 1 rings (SSSR count). The van der Waals surface area contributed by atoms with Gasteiger partial charge in [0.1, 0.15) is 0 Å². The fraction of sp³-hybridized carbons (Fsp3) is 0.